The maximum absolute atomic E-state index is 10.9. The van der Waals surface area contributed by atoms with Gasteiger partial charge in [0.1, 0.15) is 5.69 Å². The van der Waals surface area contributed by atoms with E-state index >= 15 is 0 Å². The molecule has 5 heteroatoms. The normalized spacial score (nSPS) is 10.7. The number of nitrogens with zero attached hydrogens (tertiary/aromatic N) is 2. The molecule has 0 aliphatic rings. The van der Waals surface area contributed by atoms with Crippen LogP contribution in [0.5, 0.6) is 0 Å². The van der Waals surface area contributed by atoms with E-state index in [9.17, 15) is 4.79 Å². The molecule has 0 aliphatic heterocycles. The molecular weight excluding hydrogens is 248 g/mol. The molecule has 0 aliphatic carbocycles. The van der Waals surface area contributed by atoms with Crippen molar-refractivity contribution in [3.05, 3.63) is 28.6 Å². The van der Waals surface area contributed by atoms with Crippen LogP contribution in [-0.4, -0.2) is 20.6 Å². The maximum Gasteiger partial charge on any atom is 0.353 e. The monoisotopic (exact) mass is 254 g/mol. The summed E-state index contributed by atoms with van der Waals surface area (Å²) in [6.07, 6.45) is 3.28. The number of carboxylic acid groups (broad SMARTS) is 1. The number of hydrogen-bond acceptors (Lipinski definition) is 2. The number of hydrogen-bond donors (Lipinski definition) is 1. The molecular formula is C9H7BrN2O2. The summed E-state index contributed by atoms with van der Waals surface area (Å²) in [5.74, 6) is -0.949. The smallest absolute Gasteiger partial charge is 0.353 e. The molecule has 0 unspecified atom stereocenters. The zero-order valence-corrected chi connectivity index (χ0v) is 8.95. The third kappa shape index (κ3) is 1.13. The van der Waals surface area contributed by atoms with Gasteiger partial charge < -0.3 is 9.67 Å². The molecule has 0 aromatic carbocycles. The van der Waals surface area contributed by atoms with Crippen LogP contribution in [0.4, 0.5) is 0 Å². The Hall–Kier alpha value is -1.36. The number of pyridine rings is 1. The first kappa shape index (κ1) is 9.21. The van der Waals surface area contributed by atoms with E-state index < -0.39 is 5.97 Å². The van der Waals surface area contributed by atoms with Crippen LogP contribution in [-0.2, 0) is 7.05 Å². The fraction of sp³-hybridized carbons (Fsp3) is 0.111. The van der Waals surface area contributed by atoms with E-state index in [0.29, 0.717) is 4.47 Å². The molecule has 2 aromatic rings. The van der Waals surface area contributed by atoms with E-state index in [4.69, 9.17) is 5.11 Å². The van der Waals surface area contributed by atoms with E-state index in [2.05, 4.69) is 20.9 Å². The molecule has 2 aromatic heterocycles. The lowest BCUT2D eigenvalue weighted by atomic mass is 10.3. The second kappa shape index (κ2) is 3.09. The van der Waals surface area contributed by atoms with Crippen LogP contribution < -0.4 is 0 Å². The quantitative estimate of drug-likeness (QED) is 0.848. The van der Waals surface area contributed by atoms with Crippen molar-refractivity contribution in [2.24, 2.45) is 7.05 Å². The van der Waals surface area contributed by atoms with Crippen LogP contribution in [0.1, 0.15) is 10.5 Å². The third-order valence-corrected chi connectivity index (χ3v) is 2.94. The molecule has 2 rings (SSSR count). The Balaban J connectivity index is 2.92. The van der Waals surface area contributed by atoms with E-state index in [0.717, 1.165) is 10.9 Å². The minimum absolute atomic E-state index is 0.244. The van der Waals surface area contributed by atoms with Crippen molar-refractivity contribution in [1.29, 1.82) is 0 Å². The van der Waals surface area contributed by atoms with Gasteiger partial charge in [0.15, 0.2) is 0 Å². The Kier molecular flexibility index (Phi) is 2.03. The lowest BCUT2D eigenvalue weighted by Crippen LogP contribution is -2.04. The SMILES string of the molecule is Cn1c(C(=O)O)c(Br)c2cnccc21. The molecule has 2 heterocycles. The number of carbonyl (C=O) groups is 1. The lowest BCUT2D eigenvalue weighted by molar-refractivity contribution is 0.0686. The van der Waals surface area contributed by atoms with Crippen molar-refractivity contribution in [2.75, 3.05) is 0 Å². The van der Waals surface area contributed by atoms with Crippen molar-refractivity contribution in [1.82, 2.24) is 9.55 Å². The fourth-order valence-corrected chi connectivity index (χ4v) is 2.22. The van der Waals surface area contributed by atoms with Gasteiger partial charge in [0.25, 0.3) is 0 Å². The first-order valence-corrected chi connectivity index (χ1v) is 4.73. The summed E-state index contributed by atoms with van der Waals surface area (Å²) in [6.45, 7) is 0. The number of carboxylic acids is 1. The van der Waals surface area contributed by atoms with Gasteiger partial charge in [-0.1, -0.05) is 0 Å². The van der Waals surface area contributed by atoms with Crippen molar-refractivity contribution >= 4 is 32.8 Å². The van der Waals surface area contributed by atoms with E-state index in [1.54, 1.807) is 30.1 Å². The molecule has 0 fully saturated rings. The van der Waals surface area contributed by atoms with Gasteiger partial charge in [-0.05, 0) is 22.0 Å². The van der Waals surface area contributed by atoms with E-state index in [-0.39, 0.29) is 5.69 Å². The van der Waals surface area contributed by atoms with E-state index in [1.165, 1.54) is 0 Å². The summed E-state index contributed by atoms with van der Waals surface area (Å²) in [7, 11) is 1.72. The fourth-order valence-electron chi connectivity index (χ4n) is 1.48. The minimum atomic E-state index is -0.949. The average Bonchev–Trinajstić information content (AvgIpc) is 2.41. The largest absolute Gasteiger partial charge is 0.477 e. The van der Waals surface area contributed by atoms with Crippen molar-refractivity contribution in [3.63, 3.8) is 0 Å². The summed E-state index contributed by atoms with van der Waals surface area (Å²) >= 11 is 3.26. The third-order valence-electron chi connectivity index (χ3n) is 2.14. The highest BCUT2D eigenvalue weighted by Crippen LogP contribution is 2.29. The Morgan fingerprint density at radius 3 is 2.93 bits per heavy atom. The van der Waals surface area contributed by atoms with Crippen LogP contribution in [0.2, 0.25) is 0 Å². The predicted molar refractivity (Wildman–Crippen MR) is 55.4 cm³/mol. The van der Waals surface area contributed by atoms with Crippen molar-refractivity contribution in [3.8, 4) is 0 Å². The highest BCUT2D eigenvalue weighted by atomic mass is 79.9. The molecule has 0 atom stereocenters. The highest BCUT2D eigenvalue weighted by Gasteiger charge is 2.18. The Morgan fingerprint density at radius 1 is 1.64 bits per heavy atom. The van der Waals surface area contributed by atoms with Gasteiger partial charge >= 0.3 is 5.97 Å². The molecule has 0 saturated heterocycles. The summed E-state index contributed by atoms with van der Waals surface area (Å²) in [4.78, 5) is 14.9. The van der Waals surface area contributed by atoms with Gasteiger partial charge in [-0.2, -0.15) is 0 Å². The maximum atomic E-state index is 10.9. The first-order valence-electron chi connectivity index (χ1n) is 3.94. The molecule has 72 valence electrons. The molecule has 1 N–H and O–H groups in total. The van der Waals surface area contributed by atoms with Crippen molar-refractivity contribution < 1.29 is 9.90 Å². The Labute approximate surface area is 88.3 Å². The minimum Gasteiger partial charge on any atom is -0.477 e. The van der Waals surface area contributed by atoms with Gasteiger partial charge in [0.05, 0.1) is 9.99 Å². The Bertz CT molecular complexity index is 480. The second-order valence-corrected chi connectivity index (χ2v) is 3.71. The molecule has 0 saturated carbocycles. The highest BCUT2D eigenvalue weighted by molar-refractivity contribution is 9.10. The summed E-state index contributed by atoms with van der Waals surface area (Å²) in [5, 5.41) is 9.79. The van der Waals surface area contributed by atoms with Crippen LogP contribution in [0.15, 0.2) is 22.9 Å². The number of rotatable bonds is 1. The molecule has 4 nitrogen and oxygen atoms in total. The topological polar surface area (TPSA) is 55.1 Å². The summed E-state index contributed by atoms with van der Waals surface area (Å²) in [6, 6.07) is 1.78. The lowest BCUT2D eigenvalue weighted by Gasteiger charge is -1.97. The predicted octanol–water partition coefficient (Wildman–Crippen LogP) is 2.03. The van der Waals surface area contributed by atoms with Gasteiger partial charge in [0, 0.05) is 24.8 Å². The molecule has 14 heavy (non-hydrogen) atoms. The number of halogens is 1. The van der Waals surface area contributed by atoms with Gasteiger partial charge in [-0.3, -0.25) is 4.98 Å². The summed E-state index contributed by atoms with van der Waals surface area (Å²) < 4.78 is 2.21. The van der Waals surface area contributed by atoms with Gasteiger partial charge in [-0.15, -0.1) is 0 Å². The zero-order chi connectivity index (χ0) is 10.3. The van der Waals surface area contributed by atoms with Crippen LogP contribution in [0, 0.1) is 0 Å². The second-order valence-electron chi connectivity index (χ2n) is 2.92. The Morgan fingerprint density at radius 2 is 2.36 bits per heavy atom. The van der Waals surface area contributed by atoms with Crippen LogP contribution >= 0.6 is 15.9 Å². The van der Waals surface area contributed by atoms with Gasteiger partial charge in [-0.25, -0.2) is 4.79 Å². The number of fused-ring (bicyclic) bond motifs is 1. The number of aryl methyl sites for hydroxylation is 1. The summed E-state index contributed by atoms with van der Waals surface area (Å²) in [5.41, 5.74) is 1.09. The zero-order valence-electron chi connectivity index (χ0n) is 7.36. The number of aromatic carboxylic acids is 1. The average molecular weight is 255 g/mol. The van der Waals surface area contributed by atoms with Gasteiger partial charge in [0.2, 0.25) is 0 Å². The molecule has 0 radical (unpaired) electrons. The van der Waals surface area contributed by atoms with Crippen LogP contribution in [0.25, 0.3) is 10.9 Å². The van der Waals surface area contributed by atoms with Crippen LogP contribution in [0.3, 0.4) is 0 Å². The molecule has 0 bridgehead atoms. The molecule has 0 spiro atoms. The van der Waals surface area contributed by atoms with E-state index in [1.807, 2.05) is 0 Å². The first-order chi connectivity index (χ1) is 6.63. The van der Waals surface area contributed by atoms with Crippen molar-refractivity contribution in [2.45, 2.75) is 0 Å². The standard InChI is InChI=1S/C9H7BrN2O2/c1-12-6-2-3-11-4-5(6)7(10)8(12)9(13)14/h2-4H,1H3,(H,13,14). The number of aromatic nitrogens is 2. The molecule has 0 amide bonds.